The summed E-state index contributed by atoms with van der Waals surface area (Å²) in [5.41, 5.74) is 0.848. The Morgan fingerprint density at radius 2 is 2.00 bits per heavy atom. The summed E-state index contributed by atoms with van der Waals surface area (Å²) in [4.78, 5) is 16.1. The van der Waals surface area contributed by atoms with E-state index >= 15 is 0 Å². The Morgan fingerprint density at radius 3 is 2.58 bits per heavy atom. The number of aromatic amines is 1. The lowest BCUT2D eigenvalue weighted by Gasteiger charge is -2.32. The van der Waals surface area contributed by atoms with Crippen LogP contribution in [-0.2, 0) is 16.8 Å². The van der Waals surface area contributed by atoms with Crippen LogP contribution in [0.15, 0.2) is 12.4 Å². The number of hydrogen-bond donors (Lipinski definition) is 1. The zero-order valence-corrected chi connectivity index (χ0v) is 14.9. The monoisotopic (exact) mass is 330 g/mol. The summed E-state index contributed by atoms with van der Waals surface area (Å²) in [6, 6.07) is 2.05. The van der Waals surface area contributed by atoms with Crippen LogP contribution in [0.4, 0.5) is 5.82 Å². The fourth-order valence-corrected chi connectivity index (χ4v) is 3.00. The van der Waals surface area contributed by atoms with Crippen LogP contribution in [0.25, 0.3) is 0 Å². The van der Waals surface area contributed by atoms with Crippen LogP contribution in [-0.4, -0.2) is 45.3 Å². The molecule has 7 nitrogen and oxygen atoms in total. The van der Waals surface area contributed by atoms with Crippen molar-refractivity contribution < 1.29 is 4.74 Å². The molecule has 0 bridgehead atoms. The van der Waals surface area contributed by atoms with Gasteiger partial charge in [-0.05, 0) is 12.8 Å². The molecule has 0 aromatic carbocycles. The maximum Gasteiger partial charge on any atom is 0.137 e. The van der Waals surface area contributed by atoms with E-state index in [-0.39, 0.29) is 5.41 Å². The van der Waals surface area contributed by atoms with Crippen LogP contribution in [0, 0.1) is 0 Å². The molecule has 7 heteroatoms. The Morgan fingerprint density at radius 1 is 1.25 bits per heavy atom. The summed E-state index contributed by atoms with van der Waals surface area (Å²) < 4.78 is 5.28. The number of aromatic nitrogens is 5. The van der Waals surface area contributed by atoms with Gasteiger partial charge in [0.2, 0.25) is 0 Å². The van der Waals surface area contributed by atoms with E-state index in [1.54, 1.807) is 13.4 Å². The molecule has 130 valence electrons. The summed E-state index contributed by atoms with van der Waals surface area (Å²) in [5.74, 6) is 3.31. The molecule has 0 atom stereocenters. The van der Waals surface area contributed by atoms with Crippen LogP contribution in [0.3, 0.4) is 0 Å². The summed E-state index contributed by atoms with van der Waals surface area (Å²) >= 11 is 0. The van der Waals surface area contributed by atoms with Crippen molar-refractivity contribution in [1.29, 1.82) is 0 Å². The topological polar surface area (TPSA) is 79.8 Å². The first-order valence-electron chi connectivity index (χ1n) is 8.45. The second-order valence-corrected chi connectivity index (χ2v) is 7.36. The molecule has 0 amide bonds. The molecule has 2 aromatic heterocycles. The third kappa shape index (κ3) is 3.72. The molecule has 1 saturated heterocycles. The summed E-state index contributed by atoms with van der Waals surface area (Å²) in [5, 5.41) is 6.96. The number of H-pyrrole nitrogens is 1. The van der Waals surface area contributed by atoms with Crippen LogP contribution in [0.5, 0.6) is 0 Å². The van der Waals surface area contributed by atoms with Crippen LogP contribution in [0.2, 0.25) is 0 Å². The number of hydrogen-bond acceptors (Lipinski definition) is 6. The summed E-state index contributed by atoms with van der Waals surface area (Å²) in [6.07, 6.45) is 3.67. The van der Waals surface area contributed by atoms with Gasteiger partial charge in [0.05, 0.1) is 12.3 Å². The molecule has 3 rings (SSSR count). The van der Waals surface area contributed by atoms with Crippen molar-refractivity contribution in [3.8, 4) is 0 Å². The van der Waals surface area contributed by atoms with Gasteiger partial charge >= 0.3 is 0 Å². The van der Waals surface area contributed by atoms with E-state index in [1.807, 2.05) is 6.07 Å². The Hall–Kier alpha value is -2.02. The lowest BCUT2D eigenvalue weighted by molar-refractivity contribution is 0.181. The van der Waals surface area contributed by atoms with E-state index in [0.717, 1.165) is 49.1 Å². The van der Waals surface area contributed by atoms with Crippen molar-refractivity contribution in [1.82, 2.24) is 25.1 Å². The first-order chi connectivity index (χ1) is 11.5. The second-order valence-electron chi connectivity index (χ2n) is 7.36. The van der Waals surface area contributed by atoms with Gasteiger partial charge < -0.3 is 9.64 Å². The Balaban J connectivity index is 1.78. The zero-order chi connectivity index (χ0) is 17.2. The highest BCUT2D eigenvalue weighted by Crippen LogP contribution is 2.29. The Labute approximate surface area is 142 Å². The van der Waals surface area contributed by atoms with Gasteiger partial charge in [-0.2, -0.15) is 5.10 Å². The van der Waals surface area contributed by atoms with E-state index in [2.05, 4.69) is 45.8 Å². The number of piperidine rings is 1. The van der Waals surface area contributed by atoms with E-state index in [9.17, 15) is 0 Å². The van der Waals surface area contributed by atoms with Crippen molar-refractivity contribution in [2.75, 3.05) is 25.1 Å². The molecule has 1 aliphatic heterocycles. The van der Waals surface area contributed by atoms with Crippen molar-refractivity contribution in [2.24, 2.45) is 0 Å². The lowest BCUT2D eigenvalue weighted by Crippen LogP contribution is -2.34. The normalized spacial score (nSPS) is 16.6. The van der Waals surface area contributed by atoms with E-state index < -0.39 is 0 Å². The molecular weight excluding hydrogens is 304 g/mol. The van der Waals surface area contributed by atoms with Crippen molar-refractivity contribution >= 4 is 5.82 Å². The van der Waals surface area contributed by atoms with Gasteiger partial charge in [-0.15, -0.1) is 0 Å². The maximum absolute atomic E-state index is 5.28. The highest BCUT2D eigenvalue weighted by atomic mass is 16.5. The average molecular weight is 330 g/mol. The molecule has 1 N–H and O–H groups in total. The van der Waals surface area contributed by atoms with Gasteiger partial charge in [0.25, 0.3) is 0 Å². The molecule has 0 spiro atoms. The summed E-state index contributed by atoms with van der Waals surface area (Å²) in [6.45, 7) is 8.83. The highest BCUT2D eigenvalue weighted by molar-refractivity contribution is 5.41. The summed E-state index contributed by atoms with van der Waals surface area (Å²) in [7, 11) is 1.70. The molecule has 0 radical (unpaired) electrons. The van der Waals surface area contributed by atoms with Crippen LogP contribution >= 0.6 is 0 Å². The first kappa shape index (κ1) is 16.8. The quantitative estimate of drug-likeness (QED) is 0.927. The third-order valence-corrected chi connectivity index (χ3v) is 4.37. The number of nitrogens with zero attached hydrogens (tertiary/aromatic N) is 5. The standard InChI is InChI=1S/C17H26N6O/c1-17(2,3)16-20-13(10-24-4)9-14(21-16)23-7-5-12(6-8-23)15-18-11-19-22-15/h9,11-12H,5-8,10H2,1-4H3,(H,18,19,22). The molecule has 0 saturated carbocycles. The number of methoxy groups -OCH3 is 1. The molecule has 1 fully saturated rings. The fraction of sp³-hybridized carbons (Fsp3) is 0.647. The molecule has 24 heavy (non-hydrogen) atoms. The molecule has 0 aliphatic carbocycles. The number of ether oxygens (including phenoxy) is 1. The van der Waals surface area contributed by atoms with Crippen LogP contribution in [0.1, 0.15) is 56.9 Å². The molecule has 1 aliphatic rings. The van der Waals surface area contributed by atoms with E-state index in [1.165, 1.54) is 0 Å². The number of nitrogens with one attached hydrogen (secondary N) is 1. The van der Waals surface area contributed by atoms with Gasteiger partial charge in [-0.1, -0.05) is 20.8 Å². The van der Waals surface area contributed by atoms with Crippen molar-refractivity contribution in [2.45, 2.75) is 51.6 Å². The molecule has 0 unspecified atom stereocenters. The highest BCUT2D eigenvalue weighted by Gasteiger charge is 2.25. The van der Waals surface area contributed by atoms with Gasteiger partial charge in [-0.3, -0.25) is 5.10 Å². The molecular formula is C17H26N6O. The van der Waals surface area contributed by atoms with Crippen molar-refractivity contribution in [3.63, 3.8) is 0 Å². The predicted octanol–water partition coefficient (Wildman–Crippen LogP) is 2.42. The number of rotatable bonds is 4. The Kier molecular flexibility index (Phi) is 4.80. The SMILES string of the molecule is COCc1cc(N2CCC(c3ncn[nH]3)CC2)nc(C(C)(C)C)n1. The lowest BCUT2D eigenvalue weighted by atomic mass is 9.95. The number of anilines is 1. The fourth-order valence-electron chi connectivity index (χ4n) is 3.00. The second kappa shape index (κ2) is 6.84. The van der Waals surface area contributed by atoms with E-state index in [4.69, 9.17) is 9.72 Å². The minimum atomic E-state index is -0.0866. The van der Waals surface area contributed by atoms with Crippen molar-refractivity contribution in [3.05, 3.63) is 29.7 Å². The minimum Gasteiger partial charge on any atom is -0.378 e. The van der Waals surface area contributed by atoms with Gasteiger partial charge in [-0.25, -0.2) is 15.0 Å². The smallest absolute Gasteiger partial charge is 0.137 e. The van der Waals surface area contributed by atoms with Gasteiger partial charge in [0.1, 0.15) is 23.8 Å². The zero-order valence-electron chi connectivity index (χ0n) is 14.9. The maximum atomic E-state index is 5.28. The van der Waals surface area contributed by atoms with Crippen LogP contribution < -0.4 is 4.90 Å². The van der Waals surface area contributed by atoms with Gasteiger partial charge in [0, 0.05) is 37.6 Å². The largest absolute Gasteiger partial charge is 0.378 e. The average Bonchev–Trinajstić information content (AvgIpc) is 3.09. The molecule has 2 aromatic rings. The Bertz CT molecular complexity index is 656. The predicted molar refractivity (Wildman–Crippen MR) is 92.0 cm³/mol. The molecule has 3 heterocycles. The first-order valence-corrected chi connectivity index (χ1v) is 8.45. The third-order valence-electron chi connectivity index (χ3n) is 4.37. The van der Waals surface area contributed by atoms with Gasteiger partial charge in [0.15, 0.2) is 0 Å². The minimum absolute atomic E-state index is 0.0866. The van der Waals surface area contributed by atoms with E-state index in [0.29, 0.717) is 12.5 Å².